The summed E-state index contributed by atoms with van der Waals surface area (Å²) in [6, 6.07) is 4.71. The molecule has 0 aliphatic heterocycles. The Hall–Kier alpha value is -2.28. The number of aryl methyl sites for hydroxylation is 1. The van der Waals surface area contributed by atoms with Crippen molar-refractivity contribution in [3.8, 4) is 0 Å². The van der Waals surface area contributed by atoms with Crippen molar-refractivity contribution in [1.82, 2.24) is 4.90 Å². The molecule has 0 bridgehead atoms. The van der Waals surface area contributed by atoms with E-state index in [-0.39, 0.29) is 0 Å². The highest BCUT2D eigenvalue weighted by atomic mass is 19.2. The highest BCUT2D eigenvalue weighted by Crippen LogP contribution is 2.20. The van der Waals surface area contributed by atoms with Gasteiger partial charge >= 0.3 is 0 Å². The van der Waals surface area contributed by atoms with E-state index in [9.17, 15) is 18.0 Å². The van der Waals surface area contributed by atoms with E-state index in [1.165, 1.54) is 0 Å². The van der Waals surface area contributed by atoms with Crippen LogP contribution < -0.4 is 5.32 Å². The van der Waals surface area contributed by atoms with Crippen LogP contribution in [-0.4, -0.2) is 23.9 Å². The predicted octanol–water partition coefficient (Wildman–Crippen LogP) is 3.46. The van der Waals surface area contributed by atoms with Gasteiger partial charge in [0.25, 0.3) is 0 Å². The van der Waals surface area contributed by atoms with Crippen LogP contribution in [0.2, 0.25) is 0 Å². The van der Waals surface area contributed by atoms with Gasteiger partial charge in [0.2, 0.25) is 5.91 Å². The first-order chi connectivity index (χ1) is 10.8. The van der Waals surface area contributed by atoms with E-state index in [4.69, 9.17) is 4.42 Å². The van der Waals surface area contributed by atoms with Crippen molar-refractivity contribution < 1.29 is 22.4 Å². The molecule has 1 amide bonds. The van der Waals surface area contributed by atoms with Gasteiger partial charge in [-0.2, -0.15) is 0 Å². The van der Waals surface area contributed by atoms with Crippen molar-refractivity contribution in [2.75, 3.05) is 12.4 Å². The maximum atomic E-state index is 13.6. The first-order valence-electron chi connectivity index (χ1n) is 6.99. The van der Waals surface area contributed by atoms with Gasteiger partial charge in [-0.05, 0) is 45.2 Å². The number of hydrogen-bond donors (Lipinski definition) is 1. The molecule has 1 atom stereocenters. The molecule has 23 heavy (non-hydrogen) atoms. The first-order valence-corrected chi connectivity index (χ1v) is 6.99. The fourth-order valence-corrected chi connectivity index (χ4v) is 2.01. The van der Waals surface area contributed by atoms with Crippen LogP contribution in [0.5, 0.6) is 0 Å². The second kappa shape index (κ2) is 6.87. The van der Waals surface area contributed by atoms with Crippen LogP contribution in [0.15, 0.2) is 28.7 Å². The summed E-state index contributed by atoms with van der Waals surface area (Å²) < 4.78 is 45.1. The number of furan rings is 1. The normalized spacial score (nSPS) is 12.5. The molecule has 1 N–H and O–H groups in total. The first kappa shape index (κ1) is 17.1. The number of likely N-dealkylation sites (N-methyl/N-ethyl adjacent to an activating group) is 1. The maximum Gasteiger partial charge on any atom is 0.241 e. The zero-order chi connectivity index (χ0) is 17.1. The second-order valence-corrected chi connectivity index (χ2v) is 5.32. The second-order valence-electron chi connectivity index (χ2n) is 5.32. The summed E-state index contributed by atoms with van der Waals surface area (Å²) in [7, 11) is 1.70. The third kappa shape index (κ3) is 3.92. The molecule has 124 valence electrons. The van der Waals surface area contributed by atoms with E-state index in [0.717, 1.165) is 17.9 Å². The van der Waals surface area contributed by atoms with Gasteiger partial charge in [-0.15, -0.1) is 0 Å². The van der Waals surface area contributed by atoms with Crippen LogP contribution in [0, 0.1) is 24.4 Å². The number of benzene rings is 1. The summed E-state index contributed by atoms with van der Waals surface area (Å²) in [5.74, 6) is -3.44. The molecule has 4 nitrogen and oxygen atoms in total. The predicted molar refractivity (Wildman–Crippen MR) is 79.3 cm³/mol. The van der Waals surface area contributed by atoms with Crippen LogP contribution in [0.3, 0.4) is 0 Å². The summed E-state index contributed by atoms with van der Waals surface area (Å²) in [4.78, 5) is 13.8. The highest BCUT2D eigenvalue weighted by molar-refractivity contribution is 5.94. The minimum Gasteiger partial charge on any atom is -0.465 e. The number of amides is 1. The van der Waals surface area contributed by atoms with E-state index < -0.39 is 35.1 Å². The molecule has 0 aliphatic rings. The summed E-state index contributed by atoms with van der Waals surface area (Å²) in [6.07, 6.45) is 0. The largest absolute Gasteiger partial charge is 0.465 e. The van der Waals surface area contributed by atoms with Crippen LogP contribution in [-0.2, 0) is 11.3 Å². The van der Waals surface area contributed by atoms with E-state index in [2.05, 4.69) is 5.32 Å². The number of hydrogen-bond acceptors (Lipinski definition) is 3. The molecule has 0 saturated carbocycles. The van der Waals surface area contributed by atoms with Crippen LogP contribution in [0.1, 0.15) is 18.4 Å². The van der Waals surface area contributed by atoms with Crippen LogP contribution in [0.25, 0.3) is 0 Å². The standard InChI is InChI=1S/C16H17F3N2O2/c1-9-4-5-11(23-9)8-21(3)10(2)16(22)20-13-7-6-12(17)14(18)15(13)19/h4-7,10H,8H2,1-3H3,(H,20,22)/t10-/m1/s1. The number of anilines is 1. The molecule has 2 rings (SSSR count). The van der Waals surface area contributed by atoms with Crippen LogP contribution in [0.4, 0.5) is 18.9 Å². The number of carbonyl (C=O) groups is 1. The minimum absolute atomic E-state index is 0.378. The smallest absolute Gasteiger partial charge is 0.241 e. The zero-order valence-electron chi connectivity index (χ0n) is 13.0. The lowest BCUT2D eigenvalue weighted by atomic mass is 10.2. The molecular weight excluding hydrogens is 309 g/mol. The number of halogens is 3. The van der Waals surface area contributed by atoms with Crippen molar-refractivity contribution in [3.05, 3.63) is 53.2 Å². The Kier molecular flexibility index (Phi) is 5.10. The van der Waals surface area contributed by atoms with Crippen LogP contribution >= 0.6 is 0 Å². The monoisotopic (exact) mass is 326 g/mol. The van der Waals surface area contributed by atoms with Gasteiger partial charge in [-0.3, -0.25) is 9.69 Å². The molecule has 1 aromatic carbocycles. The van der Waals surface area contributed by atoms with E-state index in [1.807, 2.05) is 13.0 Å². The quantitative estimate of drug-likeness (QED) is 0.856. The lowest BCUT2D eigenvalue weighted by molar-refractivity contribution is -0.120. The molecule has 2 aromatic rings. The fourth-order valence-electron chi connectivity index (χ4n) is 2.01. The summed E-state index contributed by atoms with van der Waals surface area (Å²) >= 11 is 0. The number of nitrogens with zero attached hydrogens (tertiary/aromatic N) is 1. The number of carbonyl (C=O) groups excluding carboxylic acids is 1. The molecule has 0 radical (unpaired) electrons. The lowest BCUT2D eigenvalue weighted by Crippen LogP contribution is -2.39. The molecule has 0 unspecified atom stereocenters. The highest BCUT2D eigenvalue weighted by Gasteiger charge is 2.22. The lowest BCUT2D eigenvalue weighted by Gasteiger charge is -2.23. The van der Waals surface area contributed by atoms with E-state index in [1.54, 1.807) is 24.9 Å². The third-order valence-corrected chi connectivity index (χ3v) is 3.53. The Bertz CT molecular complexity index is 715. The van der Waals surface area contributed by atoms with Gasteiger partial charge in [0, 0.05) is 0 Å². The van der Waals surface area contributed by atoms with E-state index in [0.29, 0.717) is 12.3 Å². The van der Waals surface area contributed by atoms with Gasteiger partial charge in [-0.1, -0.05) is 0 Å². The molecule has 7 heteroatoms. The number of nitrogens with one attached hydrogen (secondary N) is 1. The molecule has 1 aromatic heterocycles. The minimum atomic E-state index is -1.62. The Morgan fingerprint density at radius 3 is 2.52 bits per heavy atom. The van der Waals surface area contributed by atoms with Gasteiger partial charge in [0.1, 0.15) is 11.5 Å². The average molecular weight is 326 g/mol. The maximum absolute atomic E-state index is 13.6. The molecule has 0 spiro atoms. The van der Waals surface area contributed by atoms with Gasteiger partial charge in [0.15, 0.2) is 17.5 Å². The van der Waals surface area contributed by atoms with Crippen molar-refractivity contribution in [3.63, 3.8) is 0 Å². The average Bonchev–Trinajstić information content (AvgIpc) is 2.92. The van der Waals surface area contributed by atoms with Crippen molar-refractivity contribution in [2.24, 2.45) is 0 Å². The Labute approximate surface area is 131 Å². The fraction of sp³-hybridized carbons (Fsp3) is 0.312. The van der Waals surface area contributed by atoms with Gasteiger partial charge < -0.3 is 9.73 Å². The molecule has 0 saturated heterocycles. The Balaban J connectivity index is 2.03. The SMILES string of the molecule is Cc1ccc(CN(C)[C@H](C)C(=O)Nc2ccc(F)c(F)c2F)o1. The molecule has 0 aliphatic carbocycles. The third-order valence-electron chi connectivity index (χ3n) is 3.53. The Morgan fingerprint density at radius 2 is 1.91 bits per heavy atom. The number of rotatable bonds is 5. The molecule has 0 fully saturated rings. The van der Waals surface area contributed by atoms with Crippen molar-refractivity contribution >= 4 is 11.6 Å². The van der Waals surface area contributed by atoms with E-state index >= 15 is 0 Å². The summed E-state index contributed by atoms with van der Waals surface area (Å²) in [5.41, 5.74) is -0.400. The van der Waals surface area contributed by atoms with Gasteiger partial charge in [-0.25, -0.2) is 13.2 Å². The van der Waals surface area contributed by atoms with Gasteiger partial charge in [0.05, 0.1) is 18.3 Å². The molecule has 1 heterocycles. The summed E-state index contributed by atoms with van der Waals surface area (Å²) in [5, 5.41) is 2.26. The molecular formula is C16H17F3N2O2. The topological polar surface area (TPSA) is 45.5 Å². The zero-order valence-corrected chi connectivity index (χ0v) is 13.0. The van der Waals surface area contributed by atoms with Crippen molar-refractivity contribution in [2.45, 2.75) is 26.4 Å². The summed E-state index contributed by atoms with van der Waals surface area (Å²) in [6.45, 7) is 3.80. The Morgan fingerprint density at radius 1 is 1.22 bits per heavy atom. The van der Waals surface area contributed by atoms with Crippen molar-refractivity contribution in [1.29, 1.82) is 0 Å².